The highest BCUT2D eigenvalue weighted by molar-refractivity contribution is 4.68. The standard InChI is InChI=1S/C13H27NO.ClH/c1-3-14(4-2)11-9-7-5-6-8-10-13-12-15-13;/h13H,3-12H2,1-2H3;1H. The van der Waals surface area contributed by atoms with Crippen molar-refractivity contribution in [2.75, 3.05) is 26.2 Å². The number of quaternary nitrogens is 1. The molecule has 1 atom stereocenters. The SMILES string of the molecule is CC[NH+](CC)CCCCCCCC1CO1.[Cl-]. The molecule has 1 aliphatic rings. The van der Waals surface area contributed by atoms with E-state index in [1.165, 1.54) is 58.2 Å². The molecule has 0 saturated carbocycles. The Morgan fingerprint density at radius 1 is 1.00 bits per heavy atom. The Balaban J connectivity index is 0.00000225. The van der Waals surface area contributed by atoms with Crippen LogP contribution in [-0.4, -0.2) is 32.3 Å². The third kappa shape index (κ3) is 8.37. The van der Waals surface area contributed by atoms with Gasteiger partial charge >= 0.3 is 0 Å². The predicted molar refractivity (Wildman–Crippen MR) is 64.4 cm³/mol. The van der Waals surface area contributed by atoms with Gasteiger partial charge in [0.2, 0.25) is 0 Å². The molecule has 1 rings (SSSR count). The Morgan fingerprint density at radius 2 is 1.56 bits per heavy atom. The van der Waals surface area contributed by atoms with Crippen LogP contribution in [0, 0.1) is 0 Å². The van der Waals surface area contributed by atoms with Gasteiger partial charge in [0, 0.05) is 0 Å². The summed E-state index contributed by atoms with van der Waals surface area (Å²) in [5.74, 6) is 0. The van der Waals surface area contributed by atoms with E-state index in [0.29, 0.717) is 6.10 Å². The highest BCUT2D eigenvalue weighted by atomic mass is 35.5. The van der Waals surface area contributed by atoms with Gasteiger partial charge in [-0.1, -0.05) is 19.3 Å². The summed E-state index contributed by atoms with van der Waals surface area (Å²) in [6, 6.07) is 0. The molecule has 1 saturated heterocycles. The van der Waals surface area contributed by atoms with Crippen molar-refractivity contribution in [2.45, 2.75) is 58.5 Å². The molecule has 98 valence electrons. The van der Waals surface area contributed by atoms with Crippen LogP contribution in [0.4, 0.5) is 0 Å². The van der Waals surface area contributed by atoms with E-state index < -0.39 is 0 Å². The van der Waals surface area contributed by atoms with Gasteiger partial charge in [-0.05, 0) is 33.1 Å². The van der Waals surface area contributed by atoms with Crippen LogP contribution >= 0.6 is 0 Å². The molecule has 0 aromatic heterocycles. The minimum atomic E-state index is 0. The number of ether oxygens (including phenoxy) is 1. The van der Waals surface area contributed by atoms with Crippen LogP contribution in [0.2, 0.25) is 0 Å². The van der Waals surface area contributed by atoms with E-state index in [4.69, 9.17) is 4.74 Å². The van der Waals surface area contributed by atoms with E-state index in [0.717, 1.165) is 6.61 Å². The lowest BCUT2D eigenvalue weighted by atomic mass is 10.1. The Hall–Kier alpha value is 0.210. The fourth-order valence-electron chi connectivity index (χ4n) is 2.12. The lowest BCUT2D eigenvalue weighted by molar-refractivity contribution is -0.896. The Kier molecular flexibility index (Phi) is 10.5. The lowest BCUT2D eigenvalue weighted by Gasteiger charge is -2.14. The van der Waals surface area contributed by atoms with Gasteiger partial charge in [0.1, 0.15) is 0 Å². The van der Waals surface area contributed by atoms with Gasteiger partial charge in [0.25, 0.3) is 0 Å². The van der Waals surface area contributed by atoms with Crippen molar-refractivity contribution in [2.24, 2.45) is 0 Å². The van der Waals surface area contributed by atoms with Crippen LogP contribution in [0.1, 0.15) is 52.4 Å². The second kappa shape index (κ2) is 10.4. The minimum Gasteiger partial charge on any atom is -1.00 e. The number of halogens is 1. The van der Waals surface area contributed by atoms with E-state index in [1.54, 1.807) is 4.90 Å². The summed E-state index contributed by atoms with van der Waals surface area (Å²) in [6.45, 7) is 9.55. The molecule has 2 nitrogen and oxygen atoms in total. The maximum atomic E-state index is 5.19. The third-order valence-electron chi connectivity index (χ3n) is 3.46. The lowest BCUT2D eigenvalue weighted by Crippen LogP contribution is -3.11. The van der Waals surface area contributed by atoms with Crippen LogP contribution in [0.3, 0.4) is 0 Å². The Bertz CT molecular complexity index is 147. The predicted octanol–water partition coefficient (Wildman–Crippen LogP) is -1.35. The first-order valence-electron chi connectivity index (χ1n) is 6.82. The number of hydrogen-bond donors (Lipinski definition) is 1. The molecular weight excluding hydrogens is 222 g/mol. The van der Waals surface area contributed by atoms with Crippen LogP contribution in [0.5, 0.6) is 0 Å². The number of hydrogen-bond acceptors (Lipinski definition) is 1. The summed E-state index contributed by atoms with van der Waals surface area (Å²) in [7, 11) is 0. The molecule has 1 heterocycles. The average Bonchev–Trinajstić information content (AvgIpc) is 3.06. The smallest absolute Gasteiger partial charge is 0.0810 e. The fraction of sp³-hybridized carbons (Fsp3) is 1.00. The quantitative estimate of drug-likeness (QED) is 0.375. The summed E-state index contributed by atoms with van der Waals surface area (Å²) in [5.41, 5.74) is 0. The van der Waals surface area contributed by atoms with E-state index >= 15 is 0 Å². The molecule has 0 bridgehead atoms. The number of unbranched alkanes of at least 4 members (excludes halogenated alkanes) is 4. The minimum absolute atomic E-state index is 0. The zero-order valence-electron chi connectivity index (χ0n) is 10.9. The van der Waals surface area contributed by atoms with Gasteiger partial charge in [-0.15, -0.1) is 0 Å². The zero-order valence-corrected chi connectivity index (χ0v) is 11.7. The first-order chi connectivity index (χ1) is 7.36. The van der Waals surface area contributed by atoms with Crippen molar-refractivity contribution >= 4 is 0 Å². The second-order valence-electron chi connectivity index (χ2n) is 4.72. The molecule has 0 aromatic carbocycles. The largest absolute Gasteiger partial charge is 1.00 e. The van der Waals surface area contributed by atoms with Crippen molar-refractivity contribution < 1.29 is 22.0 Å². The highest BCUT2D eigenvalue weighted by Crippen LogP contribution is 2.17. The van der Waals surface area contributed by atoms with Crippen LogP contribution < -0.4 is 17.3 Å². The van der Waals surface area contributed by atoms with Crippen molar-refractivity contribution in [3.8, 4) is 0 Å². The summed E-state index contributed by atoms with van der Waals surface area (Å²) in [4.78, 5) is 1.75. The summed E-state index contributed by atoms with van der Waals surface area (Å²) < 4.78 is 5.19. The molecule has 0 amide bonds. The summed E-state index contributed by atoms with van der Waals surface area (Å²) >= 11 is 0. The van der Waals surface area contributed by atoms with Gasteiger partial charge in [0.15, 0.2) is 0 Å². The molecule has 1 aliphatic heterocycles. The molecule has 3 heteroatoms. The van der Waals surface area contributed by atoms with Gasteiger partial charge in [-0.2, -0.15) is 0 Å². The zero-order chi connectivity index (χ0) is 10.9. The average molecular weight is 250 g/mol. The Morgan fingerprint density at radius 3 is 2.12 bits per heavy atom. The molecule has 1 N–H and O–H groups in total. The first kappa shape index (κ1) is 16.2. The second-order valence-corrected chi connectivity index (χ2v) is 4.72. The van der Waals surface area contributed by atoms with Crippen LogP contribution in [0.25, 0.3) is 0 Å². The normalized spacial score (nSPS) is 18.6. The van der Waals surface area contributed by atoms with Crippen molar-refractivity contribution in [1.82, 2.24) is 0 Å². The van der Waals surface area contributed by atoms with Crippen molar-refractivity contribution in [3.05, 3.63) is 0 Å². The summed E-state index contributed by atoms with van der Waals surface area (Å²) in [6.07, 6.45) is 9.00. The third-order valence-corrected chi connectivity index (χ3v) is 3.46. The summed E-state index contributed by atoms with van der Waals surface area (Å²) in [5, 5.41) is 0. The van der Waals surface area contributed by atoms with Crippen molar-refractivity contribution in [3.63, 3.8) is 0 Å². The monoisotopic (exact) mass is 249 g/mol. The molecule has 0 aliphatic carbocycles. The molecule has 1 unspecified atom stereocenters. The molecule has 0 spiro atoms. The van der Waals surface area contributed by atoms with Gasteiger partial charge in [-0.25, -0.2) is 0 Å². The molecular formula is C13H28ClNO. The first-order valence-corrected chi connectivity index (χ1v) is 6.82. The molecule has 16 heavy (non-hydrogen) atoms. The van der Waals surface area contributed by atoms with E-state index in [9.17, 15) is 0 Å². The molecule has 0 radical (unpaired) electrons. The van der Waals surface area contributed by atoms with Crippen LogP contribution in [0.15, 0.2) is 0 Å². The maximum absolute atomic E-state index is 5.19. The van der Waals surface area contributed by atoms with Crippen molar-refractivity contribution in [1.29, 1.82) is 0 Å². The topological polar surface area (TPSA) is 17.0 Å². The Labute approximate surface area is 107 Å². The fourth-order valence-corrected chi connectivity index (χ4v) is 2.12. The molecule has 1 fully saturated rings. The number of nitrogens with one attached hydrogen (secondary N) is 1. The number of rotatable bonds is 10. The van der Waals surface area contributed by atoms with E-state index in [1.807, 2.05) is 0 Å². The van der Waals surface area contributed by atoms with Gasteiger partial charge in [-0.3, -0.25) is 0 Å². The van der Waals surface area contributed by atoms with Gasteiger partial charge in [0.05, 0.1) is 32.3 Å². The van der Waals surface area contributed by atoms with Gasteiger partial charge < -0.3 is 22.0 Å². The molecule has 0 aromatic rings. The number of epoxide rings is 1. The van der Waals surface area contributed by atoms with Crippen LogP contribution in [-0.2, 0) is 4.74 Å². The maximum Gasteiger partial charge on any atom is 0.0810 e. The van der Waals surface area contributed by atoms with E-state index in [-0.39, 0.29) is 12.4 Å². The highest BCUT2D eigenvalue weighted by Gasteiger charge is 2.20. The van der Waals surface area contributed by atoms with E-state index in [2.05, 4.69) is 13.8 Å².